The number of amides is 2. The maximum absolute atomic E-state index is 14.2. The molecule has 1 atom stereocenters. The van der Waals surface area contributed by atoms with Crippen molar-refractivity contribution in [3.05, 3.63) is 41.0 Å². The van der Waals surface area contributed by atoms with E-state index in [0.29, 0.717) is 0 Å². The van der Waals surface area contributed by atoms with Gasteiger partial charge in [0.2, 0.25) is 0 Å². The number of benzene rings is 1. The summed E-state index contributed by atoms with van der Waals surface area (Å²) in [6.45, 7) is 3.03. The zero-order valence-electron chi connectivity index (χ0n) is 13.8. The van der Waals surface area contributed by atoms with Crippen molar-refractivity contribution in [1.29, 1.82) is 0 Å². The second-order valence-corrected chi connectivity index (χ2v) is 5.29. The number of nitroso groups, excluding NO2 is 1. The molecule has 11 heteroatoms. The van der Waals surface area contributed by atoms with Crippen molar-refractivity contribution >= 4 is 23.6 Å². The smallest absolute Gasteiger partial charge is 0.414 e. The number of alkyl carbamates (subject to hydrolysis) is 1. The van der Waals surface area contributed by atoms with Crippen LogP contribution in [0.2, 0.25) is 0 Å². The zero-order chi connectivity index (χ0) is 19.3. The Labute approximate surface area is 146 Å². The number of nitrogens with one attached hydrogen (secondary N) is 2. The lowest BCUT2D eigenvalue weighted by Crippen LogP contribution is -2.34. The lowest BCUT2D eigenvalue weighted by molar-refractivity contribution is 0.132. The van der Waals surface area contributed by atoms with E-state index in [9.17, 15) is 23.3 Å². The van der Waals surface area contributed by atoms with E-state index in [1.807, 2.05) is 0 Å². The van der Waals surface area contributed by atoms with Crippen LogP contribution in [-0.2, 0) is 9.47 Å². The maximum Gasteiger partial charge on any atom is 0.414 e. The number of hydrogen-bond donors (Lipinski definition) is 2. The summed E-state index contributed by atoms with van der Waals surface area (Å²) in [5, 5.41) is 7.25. The van der Waals surface area contributed by atoms with E-state index >= 15 is 0 Å². The van der Waals surface area contributed by atoms with Gasteiger partial charge < -0.3 is 20.1 Å². The van der Waals surface area contributed by atoms with Crippen LogP contribution in [0.15, 0.2) is 29.6 Å². The Balaban J connectivity index is 2.11. The van der Waals surface area contributed by atoms with Gasteiger partial charge in [0.1, 0.15) is 18.3 Å². The van der Waals surface area contributed by atoms with Gasteiger partial charge >= 0.3 is 12.2 Å². The highest BCUT2D eigenvalue weighted by Gasteiger charge is 2.33. The third kappa shape index (κ3) is 4.43. The summed E-state index contributed by atoms with van der Waals surface area (Å²) in [7, 11) is 1.18. The van der Waals surface area contributed by atoms with Gasteiger partial charge in [0, 0.05) is 17.8 Å². The van der Waals surface area contributed by atoms with Gasteiger partial charge in [-0.2, -0.15) is 4.91 Å². The highest BCUT2D eigenvalue weighted by Crippen LogP contribution is 2.29. The summed E-state index contributed by atoms with van der Waals surface area (Å²) in [4.78, 5) is 34.1. The molecule has 1 saturated heterocycles. The van der Waals surface area contributed by atoms with Crippen molar-refractivity contribution in [3.8, 4) is 0 Å². The molecule has 0 aromatic heterocycles. The minimum atomic E-state index is -0.990. The Morgan fingerprint density at radius 3 is 2.69 bits per heavy atom. The predicted octanol–water partition coefficient (Wildman–Crippen LogP) is 2.34. The number of methoxy groups -OCH3 is 1. The number of nitrogens with zero attached hydrogens (tertiary/aromatic N) is 2. The Hall–Kier alpha value is -3.24. The molecule has 0 aliphatic carbocycles. The molecule has 9 nitrogen and oxygen atoms in total. The molecule has 1 aromatic rings. The first-order chi connectivity index (χ1) is 12.3. The molecule has 1 heterocycles. The average Bonchev–Trinajstić information content (AvgIpc) is 2.97. The first-order valence-electron chi connectivity index (χ1n) is 7.38. The van der Waals surface area contributed by atoms with Crippen molar-refractivity contribution in [2.75, 3.05) is 37.0 Å². The number of cyclic esters (lactones) is 1. The number of halogens is 2. The van der Waals surface area contributed by atoms with Crippen LogP contribution in [0.25, 0.3) is 0 Å². The Morgan fingerprint density at radius 2 is 2.12 bits per heavy atom. The van der Waals surface area contributed by atoms with Crippen molar-refractivity contribution < 1.29 is 27.8 Å². The zero-order valence-corrected chi connectivity index (χ0v) is 13.8. The van der Waals surface area contributed by atoms with Crippen LogP contribution >= 0.6 is 0 Å². The summed E-state index contributed by atoms with van der Waals surface area (Å²) >= 11 is 0. The van der Waals surface area contributed by atoms with Crippen molar-refractivity contribution in [3.63, 3.8) is 0 Å². The first-order valence-corrected chi connectivity index (χ1v) is 7.38. The Bertz CT molecular complexity index is 720. The van der Waals surface area contributed by atoms with Gasteiger partial charge in [-0.1, -0.05) is 11.8 Å². The number of anilines is 2. The van der Waals surface area contributed by atoms with Crippen LogP contribution in [0.3, 0.4) is 0 Å². The minimum Gasteiger partial charge on any atom is -0.453 e. The van der Waals surface area contributed by atoms with Crippen LogP contribution in [0, 0.1) is 16.5 Å². The predicted molar refractivity (Wildman–Crippen MR) is 87.8 cm³/mol. The van der Waals surface area contributed by atoms with Gasteiger partial charge in [0.25, 0.3) is 0 Å². The van der Waals surface area contributed by atoms with Crippen molar-refractivity contribution in [1.82, 2.24) is 5.32 Å². The molecule has 1 aliphatic rings. The van der Waals surface area contributed by atoms with Crippen LogP contribution in [0.5, 0.6) is 0 Å². The van der Waals surface area contributed by atoms with E-state index in [-0.39, 0.29) is 31.0 Å². The standard InChI is InChI=1S/C15H16F2N4O5/c1-8(5-19-24)20-13-11(16)3-9(4-12(13)17)21-7-10(26-15(21)23)6-18-14(22)25-2/h3-4,10,20H,1,5-7H2,2H3,(H,18,22)/t10-/m0/s1. The summed E-state index contributed by atoms with van der Waals surface area (Å²) in [6, 6.07) is 1.87. The molecule has 2 amide bonds. The van der Waals surface area contributed by atoms with Gasteiger partial charge in [0.15, 0.2) is 11.6 Å². The number of carbonyl (C=O) groups excluding carboxylic acids is 2. The van der Waals surface area contributed by atoms with E-state index in [0.717, 1.165) is 17.0 Å². The normalized spacial score (nSPS) is 16.0. The summed E-state index contributed by atoms with van der Waals surface area (Å²) in [5.74, 6) is -1.98. The van der Waals surface area contributed by atoms with E-state index in [1.165, 1.54) is 7.11 Å². The fourth-order valence-electron chi connectivity index (χ4n) is 2.24. The maximum atomic E-state index is 14.2. The quantitative estimate of drug-likeness (QED) is 0.713. The van der Waals surface area contributed by atoms with E-state index in [2.05, 4.69) is 27.1 Å². The molecule has 140 valence electrons. The molecular formula is C15H16F2N4O5. The molecule has 2 rings (SSSR count). The first kappa shape index (κ1) is 19.1. The number of rotatable bonds is 7. The third-order valence-electron chi connectivity index (χ3n) is 3.43. The van der Waals surface area contributed by atoms with Crippen LogP contribution < -0.4 is 15.5 Å². The molecule has 2 N–H and O–H groups in total. The number of hydrogen-bond acceptors (Lipinski definition) is 7. The molecule has 1 aliphatic heterocycles. The molecule has 1 fully saturated rings. The number of ether oxygens (including phenoxy) is 2. The molecule has 0 saturated carbocycles. The third-order valence-corrected chi connectivity index (χ3v) is 3.43. The Morgan fingerprint density at radius 1 is 1.46 bits per heavy atom. The lowest BCUT2D eigenvalue weighted by atomic mass is 10.2. The Kier molecular flexibility index (Phi) is 6.04. The second kappa shape index (κ2) is 8.23. The van der Waals surface area contributed by atoms with Crippen LogP contribution in [0.4, 0.5) is 29.7 Å². The molecule has 1 aromatic carbocycles. The monoisotopic (exact) mass is 370 g/mol. The molecule has 26 heavy (non-hydrogen) atoms. The second-order valence-electron chi connectivity index (χ2n) is 5.29. The van der Waals surface area contributed by atoms with Gasteiger partial charge in [-0.05, 0) is 0 Å². The average molecular weight is 370 g/mol. The molecule has 0 spiro atoms. The van der Waals surface area contributed by atoms with E-state index in [1.54, 1.807) is 0 Å². The van der Waals surface area contributed by atoms with Gasteiger partial charge in [-0.25, -0.2) is 18.4 Å². The fraction of sp³-hybridized carbons (Fsp3) is 0.333. The van der Waals surface area contributed by atoms with Gasteiger partial charge in [-0.15, -0.1) is 0 Å². The summed E-state index contributed by atoms with van der Waals surface area (Å²) in [5.41, 5.74) is -0.561. The summed E-state index contributed by atoms with van der Waals surface area (Å²) in [6.07, 6.45) is -2.21. The summed E-state index contributed by atoms with van der Waals surface area (Å²) < 4.78 is 37.8. The van der Waals surface area contributed by atoms with E-state index < -0.39 is 35.6 Å². The fourth-order valence-corrected chi connectivity index (χ4v) is 2.24. The molecule has 0 radical (unpaired) electrons. The van der Waals surface area contributed by atoms with Crippen LogP contribution in [-0.4, -0.2) is 45.0 Å². The largest absolute Gasteiger partial charge is 0.453 e. The van der Waals surface area contributed by atoms with Gasteiger partial charge in [0.05, 0.1) is 25.9 Å². The minimum absolute atomic E-state index is 0.0140. The number of carbonyl (C=O) groups is 2. The SMILES string of the molecule is C=C(CN=O)Nc1c(F)cc(N2C[C@H](CNC(=O)OC)OC2=O)cc1F. The topological polar surface area (TPSA) is 109 Å². The van der Waals surface area contributed by atoms with E-state index in [4.69, 9.17) is 4.74 Å². The highest BCUT2D eigenvalue weighted by atomic mass is 19.1. The molecular weight excluding hydrogens is 354 g/mol. The molecule has 0 unspecified atom stereocenters. The lowest BCUT2D eigenvalue weighted by Gasteiger charge is -2.16. The van der Waals surface area contributed by atoms with Gasteiger partial charge in [-0.3, -0.25) is 4.90 Å². The van der Waals surface area contributed by atoms with Crippen LogP contribution in [0.1, 0.15) is 0 Å². The highest BCUT2D eigenvalue weighted by molar-refractivity contribution is 5.90. The molecule has 0 bridgehead atoms. The van der Waals surface area contributed by atoms with Crippen molar-refractivity contribution in [2.45, 2.75) is 6.10 Å². The van der Waals surface area contributed by atoms with Crippen molar-refractivity contribution in [2.24, 2.45) is 5.18 Å².